The fourth-order valence-corrected chi connectivity index (χ4v) is 13.0. The third-order valence-corrected chi connectivity index (χ3v) is 17.1. The average molecular weight is 353 g/mol. The van der Waals surface area contributed by atoms with Crippen LogP contribution < -0.4 is 0 Å². The van der Waals surface area contributed by atoms with Gasteiger partial charge in [0.25, 0.3) is 0 Å². The van der Waals surface area contributed by atoms with Gasteiger partial charge in [-0.1, -0.05) is 47.6 Å². The van der Waals surface area contributed by atoms with Gasteiger partial charge in [-0.2, -0.15) is 0 Å². The lowest BCUT2D eigenvalue weighted by Crippen LogP contribution is -2.41. The molecule has 1 aromatic rings. The Morgan fingerprint density at radius 1 is 1.09 bits per heavy atom. The molecule has 0 aliphatic carbocycles. The van der Waals surface area contributed by atoms with E-state index in [9.17, 15) is 4.79 Å². The second kappa shape index (κ2) is 8.38. The van der Waals surface area contributed by atoms with Crippen molar-refractivity contribution >= 4 is 24.4 Å². The van der Waals surface area contributed by atoms with E-state index in [1.807, 2.05) is 19.1 Å². The van der Waals surface area contributed by atoms with E-state index >= 15 is 0 Å². The molecule has 0 saturated carbocycles. The Balaban J connectivity index is 3.28. The minimum atomic E-state index is -1.61. The molecule has 0 saturated heterocycles. The summed E-state index contributed by atoms with van der Waals surface area (Å²) in [6.45, 7) is 18.6. The Kier molecular flexibility index (Phi) is 7.40. The summed E-state index contributed by atoms with van der Waals surface area (Å²) in [5.41, 5.74) is 3.95. The number of esters is 1. The van der Waals surface area contributed by atoms with E-state index < -0.39 is 7.22 Å². The Labute approximate surface area is 147 Å². The first-order chi connectivity index (χ1) is 10.7. The molecule has 1 rings (SSSR count). The van der Waals surface area contributed by atoms with Crippen LogP contribution in [-0.4, -0.2) is 19.8 Å². The zero-order chi connectivity index (χ0) is 17.8. The van der Waals surface area contributed by atoms with Crippen LogP contribution in [0.1, 0.15) is 64.4 Å². The van der Waals surface area contributed by atoms with Crippen molar-refractivity contribution in [1.29, 1.82) is 0 Å². The summed E-state index contributed by atoms with van der Waals surface area (Å²) < 4.78 is 5.16. The van der Waals surface area contributed by atoms with E-state index in [1.54, 1.807) is 0 Å². The molecule has 0 atom stereocenters. The van der Waals surface area contributed by atoms with E-state index in [2.05, 4.69) is 65.7 Å². The molecule has 23 heavy (non-hydrogen) atoms. The van der Waals surface area contributed by atoms with Crippen molar-refractivity contribution in [2.45, 2.75) is 76.9 Å². The first-order valence-corrected chi connectivity index (χ1v) is 12.4. The van der Waals surface area contributed by atoms with E-state index in [-0.39, 0.29) is 5.97 Å². The van der Waals surface area contributed by atoms with Crippen LogP contribution >= 0.6 is 11.2 Å². The maximum Gasteiger partial charge on any atom is 0.338 e. The minimum absolute atomic E-state index is 0.222. The highest BCUT2D eigenvalue weighted by molar-refractivity contribution is 8.29. The molecule has 0 aliphatic heterocycles. The van der Waals surface area contributed by atoms with Gasteiger partial charge in [-0.25, -0.2) is 4.79 Å². The number of carbonyl (C=O) groups excluding carboxylic acids is 1. The normalized spacial score (nSPS) is 12.3. The zero-order valence-electron chi connectivity index (χ0n) is 15.9. The summed E-state index contributed by atoms with van der Waals surface area (Å²) in [6, 6.07) is 5.96. The average Bonchev–Trinajstić information content (AvgIpc) is 2.45. The van der Waals surface area contributed by atoms with E-state index in [0.29, 0.717) is 28.8 Å². The highest BCUT2D eigenvalue weighted by Crippen LogP contribution is 2.52. The molecule has 0 N–H and O–H groups in total. The minimum Gasteiger partial charge on any atom is -0.462 e. The monoisotopic (exact) mass is 352 g/mol. The third kappa shape index (κ3) is 4.41. The van der Waals surface area contributed by atoms with Gasteiger partial charge in [-0.3, -0.25) is 0 Å². The van der Waals surface area contributed by atoms with Crippen molar-refractivity contribution in [2.75, 3.05) is 6.61 Å². The Bertz CT molecular complexity index is 516. The maximum absolute atomic E-state index is 12.1. The number of hydrogen-bond acceptors (Lipinski definition) is 3. The Morgan fingerprint density at radius 2 is 1.61 bits per heavy atom. The quantitative estimate of drug-likeness (QED) is 0.417. The Hall–Kier alpha value is -0.743. The number of aryl methyl sites for hydroxylation is 1. The van der Waals surface area contributed by atoms with Gasteiger partial charge in [0.1, 0.15) is 7.22 Å². The third-order valence-electron chi connectivity index (χ3n) is 4.69. The second-order valence-corrected chi connectivity index (χ2v) is 15.7. The maximum atomic E-state index is 12.1. The first-order valence-electron chi connectivity index (χ1n) is 8.63. The molecule has 0 aromatic heterocycles. The van der Waals surface area contributed by atoms with E-state index in [4.69, 9.17) is 4.74 Å². The molecular formula is C19H32O2SSi. The summed E-state index contributed by atoms with van der Waals surface area (Å²) in [5.74, 6) is -0.222. The van der Waals surface area contributed by atoms with Gasteiger partial charge in [0.15, 0.2) is 0 Å². The second-order valence-electron chi connectivity index (χ2n) is 7.12. The van der Waals surface area contributed by atoms with E-state index in [0.717, 1.165) is 0 Å². The van der Waals surface area contributed by atoms with Gasteiger partial charge in [0.2, 0.25) is 0 Å². The summed E-state index contributed by atoms with van der Waals surface area (Å²) in [6.07, 6.45) is 0. The van der Waals surface area contributed by atoms with Crippen LogP contribution in [0.3, 0.4) is 0 Å². The van der Waals surface area contributed by atoms with Crippen molar-refractivity contribution in [3.05, 3.63) is 29.3 Å². The van der Waals surface area contributed by atoms with Crippen molar-refractivity contribution in [2.24, 2.45) is 0 Å². The van der Waals surface area contributed by atoms with Crippen LogP contribution in [0.4, 0.5) is 0 Å². The molecule has 0 spiro atoms. The van der Waals surface area contributed by atoms with Gasteiger partial charge in [0, 0.05) is 4.90 Å². The van der Waals surface area contributed by atoms with Crippen LogP contribution in [0.25, 0.3) is 0 Å². The SMILES string of the molecule is CCOC(=O)c1ccc(C)c(S[Si](C(C)C)(C(C)C)C(C)C)c1. The molecule has 0 fully saturated rings. The number of carbonyl (C=O) groups is 1. The van der Waals surface area contributed by atoms with Crippen LogP contribution in [0, 0.1) is 6.92 Å². The molecule has 0 bridgehead atoms. The molecule has 2 nitrogen and oxygen atoms in total. The van der Waals surface area contributed by atoms with Crippen LogP contribution in [0.5, 0.6) is 0 Å². The number of rotatable bonds is 7. The summed E-state index contributed by atoms with van der Waals surface area (Å²) in [4.78, 5) is 13.3. The fraction of sp³-hybridized carbons (Fsp3) is 0.632. The van der Waals surface area contributed by atoms with Crippen molar-refractivity contribution < 1.29 is 9.53 Å². The number of benzene rings is 1. The molecule has 1 aromatic carbocycles. The smallest absolute Gasteiger partial charge is 0.338 e. The lowest BCUT2D eigenvalue weighted by Gasteiger charge is -2.42. The first kappa shape index (κ1) is 20.3. The van der Waals surface area contributed by atoms with Gasteiger partial charge >= 0.3 is 5.97 Å². The fourth-order valence-electron chi connectivity index (χ4n) is 3.60. The lowest BCUT2D eigenvalue weighted by molar-refractivity contribution is 0.0526. The predicted octanol–water partition coefficient (Wildman–Crippen LogP) is 6.44. The molecule has 0 heterocycles. The molecule has 0 unspecified atom stereocenters. The molecule has 0 radical (unpaired) electrons. The largest absolute Gasteiger partial charge is 0.462 e. The van der Waals surface area contributed by atoms with Crippen LogP contribution in [0.2, 0.25) is 16.6 Å². The molecule has 130 valence electrons. The van der Waals surface area contributed by atoms with Gasteiger partial charge in [-0.15, -0.1) is 11.2 Å². The molecule has 0 amide bonds. The number of ether oxygens (including phenoxy) is 1. The van der Waals surface area contributed by atoms with Crippen molar-refractivity contribution in [3.8, 4) is 0 Å². The van der Waals surface area contributed by atoms with Crippen molar-refractivity contribution in [1.82, 2.24) is 0 Å². The van der Waals surface area contributed by atoms with E-state index in [1.165, 1.54) is 10.5 Å². The topological polar surface area (TPSA) is 26.3 Å². The summed E-state index contributed by atoms with van der Waals surface area (Å²) in [7, 11) is -1.61. The summed E-state index contributed by atoms with van der Waals surface area (Å²) in [5, 5.41) is 0. The van der Waals surface area contributed by atoms with Gasteiger partial charge in [-0.05, 0) is 48.2 Å². The highest BCUT2D eigenvalue weighted by atomic mass is 32.4. The highest BCUT2D eigenvalue weighted by Gasteiger charge is 2.44. The number of hydrogen-bond donors (Lipinski definition) is 0. The van der Waals surface area contributed by atoms with Crippen LogP contribution in [-0.2, 0) is 4.74 Å². The van der Waals surface area contributed by atoms with Gasteiger partial charge in [0.05, 0.1) is 12.2 Å². The molecule has 0 aliphatic rings. The van der Waals surface area contributed by atoms with Crippen LogP contribution in [0.15, 0.2) is 23.1 Å². The Morgan fingerprint density at radius 3 is 2.04 bits per heavy atom. The predicted molar refractivity (Wildman–Crippen MR) is 104 cm³/mol. The zero-order valence-corrected chi connectivity index (χ0v) is 17.7. The standard InChI is InChI=1S/C19H32O2SSi/c1-9-21-19(20)17-11-10-16(8)18(12-17)22-23(13(2)3,14(4)5)15(6)7/h10-15H,9H2,1-8H3. The lowest BCUT2D eigenvalue weighted by atomic mass is 10.1. The molecule has 4 heteroatoms. The van der Waals surface area contributed by atoms with Gasteiger partial charge < -0.3 is 4.74 Å². The molecular weight excluding hydrogens is 320 g/mol. The van der Waals surface area contributed by atoms with Crippen molar-refractivity contribution in [3.63, 3.8) is 0 Å². The summed E-state index contributed by atoms with van der Waals surface area (Å²) >= 11 is 2.07.